The quantitative estimate of drug-likeness (QED) is 0.642. The Morgan fingerprint density at radius 3 is 2.80 bits per heavy atom. The van der Waals surface area contributed by atoms with Crippen LogP contribution in [0.3, 0.4) is 0 Å². The zero-order valence-corrected chi connectivity index (χ0v) is 18.3. The first kappa shape index (κ1) is 22.0. The fourth-order valence-corrected chi connectivity index (χ4v) is 3.92. The van der Waals surface area contributed by atoms with E-state index in [1.165, 1.54) is 5.56 Å². The molecule has 1 unspecified atom stereocenters. The van der Waals surface area contributed by atoms with Gasteiger partial charge in [-0.1, -0.05) is 44.7 Å². The maximum absolute atomic E-state index is 11.7. The number of hydrogen-bond donors (Lipinski definition) is 1. The summed E-state index contributed by atoms with van der Waals surface area (Å²) in [7, 11) is 0. The van der Waals surface area contributed by atoms with Crippen molar-refractivity contribution in [2.24, 2.45) is 5.92 Å². The van der Waals surface area contributed by atoms with E-state index < -0.39 is 0 Å². The highest BCUT2D eigenvalue weighted by Crippen LogP contribution is 2.24. The first-order valence-corrected chi connectivity index (χ1v) is 10.7. The second-order valence-electron chi connectivity index (χ2n) is 8.24. The number of benzene rings is 1. The van der Waals surface area contributed by atoms with Gasteiger partial charge in [0.1, 0.15) is 18.2 Å². The van der Waals surface area contributed by atoms with Crippen LogP contribution in [0.25, 0.3) is 0 Å². The molecule has 0 spiro atoms. The van der Waals surface area contributed by atoms with Crippen molar-refractivity contribution in [3.8, 4) is 5.75 Å². The van der Waals surface area contributed by atoms with Gasteiger partial charge in [0, 0.05) is 45.1 Å². The zero-order chi connectivity index (χ0) is 21.5. The third-order valence-electron chi connectivity index (χ3n) is 5.27. The lowest BCUT2D eigenvalue weighted by Crippen LogP contribution is -2.31. The Labute approximate surface area is 179 Å². The van der Waals surface area contributed by atoms with Crippen LogP contribution >= 0.6 is 0 Å². The summed E-state index contributed by atoms with van der Waals surface area (Å²) in [6, 6.07) is 8.06. The highest BCUT2D eigenvalue weighted by atomic mass is 16.5. The van der Waals surface area contributed by atoms with Crippen LogP contribution in [0.5, 0.6) is 5.75 Å². The summed E-state index contributed by atoms with van der Waals surface area (Å²) in [6.45, 7) is 13.5. The van der Waals surface area contributed by atoms with Crippen molar-refractivity contribution in [1.82, 2.24) is 25.0 Å². The largest absolute Gasteiger partial charge is 0.489 e. The molecule has 2 aromatic rings. The SMILES string of the molecule is C=CCOc1ccccc1CN1CCc2nnc(C(CC(C)C)NC(C)=O)n2CC1. The molecule has 1 aliphatic heterocycles. The Hall–Kier alpha value is -2.67. The maximum Gasteiger partial charge on any atom is 0.217 e. The molecule has 1 amide bonds. The van der Waals surface area contributed by atoms with E-state index >= 15 is 0 Å². The van der Waals surface area contributed by atoms with Gasteiger partial charge in [0.15, 0.2) is 5.82 Å². The third-order valence-corrected chi connectivity index (χ3v) is 5.27. The van der Waals surface area contributed by atoms with Gasteiger partial charge < -0.3 is 14.6 Å². The molecule has 1 aromatic carbocycles. The molecule has 3 rings (SSSR count). The predicted octanol–water partition coefficient (Wildman–Crippen LogP) is 3.12. The molecular formula is C23H33N5O2. The highest BCUT2D eigenvalue weighted by Gasteiger charge is 2.25. The molecule has 0 saturated carbocycles. The van der Waals surface area contributed by atoms with Crippen LogP contribution in [0.2, 0.25) is 0 Å². The molecule has 1 atom stereocenters. The van der Waals surface area contributed by atoms with Gasteiger partial charge in [-0.3, -0.25) is 9.69 Å². The summed E-state index contributed by atoms with van der Waals surface area (Å²) < 4.78 is 8.02. The number of amides is 1. The number of carbonyl (C=O) groups is 1. The summed E-state index contributed by atoms with van der Waals surface area (Å²) in [6.07, 6.45) is 3.44. The average Bonchev–Trinajstić information content (AvgIpc) is 3.00. The van der Waals surface area contributed by atoms with Crippen LogP contribution in [-0.4, -0.2) is 45.3 Å². The van der Waals surface area contributed by atoms with E-state index in [0.29, 0.717) is 12.5 Å². The standard InChI is InChI=1S/C23H33N5O2/c1-5-14-30-21-9-7-6-8-19(21)16-27-11-10-22-25-26-23(28(22)13-12-27)20(15-17(2)3)24-18(4)29/h5-9,17,20H,1,10-16H2,2-4H3,(H,24,29). The van der Waals surface area contributed by atoms with Crippen molar-refractivity contribution in [3.05, 3.63) is 54.1 Å². The van der Waals surface area contributed by atoms with Crippen LogP contribution < -0.4 is 10.1 Å². The number of ether oxygens (including phenoxy) is 1. The number of nitrogens with zero attached hydrogens (tertiary/aromatic N) is 4. The van der Waals surface area contributed by atoms with Crippen molar-refractivity contribution in [3.63, 3.8) is 0 Å². The van der Waals surface area contributed by atoms with Crippen LogP contribution in [0.4, 0.5) is 0 Å². The Bertz CT molecular complexity index is 861. The molecule has 7 heteroatoms. The van der Waals surface area contributed by atoms with E-state index in [4.69, 9.17) is 4.74 Å². The first-order valence-electron chi connectivity index (χ1n) is 10.7. The monoisotopic (exact) mass is 411 g/mol. The fraction of sp³-hybridized carbons (Fsp3) is 0.522. The van der Waals surface area contributed by atoms with Crippen molar-refractivity contribution in [1.29, 1.82) is 0 Å². The van der Waals surface area contributed by atoms with E-state index in [1.807, 2.05) is 18.2 Å². The predicted molar refractivity (Wildman–Crippen MR) is 117 cm³/mol. The summed E-state index contributed by atoms with van der Waals surface area (Å²) in [4.78, 5) is 14.2. The number of carbonyl (C=O) groups excluding carboxylic acids is 1. The molecule has 1 aliphatic rings. The van der Waals surface area contributed by atoms with E-state index in [0.717, 1.165) is 56.4 Å². The minimum Gasteiger partial charge on any atom is -0.489 e. The molecule has 0 fully saturated rings. The van der Waals surface area contributed by atoms with Crippen molar-refractivity contribution < 1.29 is 9.53 Å². The molecule has 0 saturated heterocycles. The molecule has 0 bridgehead atoms. The van der Waals surface area contributed by atoms with Crippen molar-refractivity contribution >= 4 is 5.91 Å². The topological polar surface area (TPSA) is 72.3 Å². The molecule has 1 N–H and O–H groups in total. The van der Waals surface area contributed by atoms with E-state index in [-0.39, 0.29) is 11.9 Å². The highest BCUT2D eigenvalue weighted by molar-refractivity contribution is 5.73. The number of fused-ring (bicyclic) bond motifs is 1. The minimum atomic E-state index is -0.108. The summed E-state index contributed by atoms with van der Waals surface area (Å²) in [5.41, 5.74) is 1.17. The van der Waals surface area contributed by atoms with E-state index in [2.05, 4.69) is 51.5 Å². The lowest BCUT2D eigenvalue weighted by Gasteiger charge is -2.22. The fourth-order valence-electron chi connectivity index (χ4n) is 3.92. The Kier molecular flexibility index (Phi) is 7.63. The number of hydrogen-bond acceptors (Lipinski definition) is 5. The average molecular weight is 412 g/mol. The third kappa shape index (κ3) is 5.69. The number of aromatic nitrogens is 3. The molecule has 0 radical (unpaired) electrons. The van der Waals surface area contributed by atoms with Gasteiger partial charge in [0.25, 0.3) is 0 Å². The Morgan fingerprint density at radius 1 is 1.27 bits per heavy atom. The van der Waals surface area contributed by atoms with Gasteiger partial charge >= 0.3 is 0 Å². The van der Waals surface area contributed by atoms with Crippen molar-refractivity contribution in [2.75, 3.05) is 19.7 Å². The molecule has 0 aliphatic carbocycles. The molecular weight excluding hydrogens is 378 g/mol. The van der Waals surface area contributed by atoms with Crippen LogP contribution in [0, 0.1) is 5.92 Å². The van der Waals surface area contributed by atoms with Gasteiger partial charge in [0.2, 0.25) is 5.91 Å². The van der Waals surface area contributed by atoms with Crippen LogP contribution in [0.15, 0.2) is 36.9 Å². The molecule has 1 aromatic heterocycles. The van der Waals surface area contributed by atoms with Gasteiger partial charge in [-0.25, -0.2) is 0 Å². The minimum absolute atomic E-state index is 0.0376. The van der Waals surface area contributed by atoms with E-state index in [1.54, 1.807) is 13.0 Å². The van der Waals surface area contributed by atoms with Crippen molar-refractivity contribution in [2.45, 2.75) is 52.7 Å². The lowest BCUT2D eigenvalue weighted by atomic mass is 10.0. The lowest BCUT2D eigenvalue weighted by molar-refractivity contribution is -0.119. The Morgan fingerprint density at radius 2 is 2.07 bits per heavy atom. The van der Waals surface area contributed by atoms with Gasteiger partial charge in [0.05, 0.1) is 6.04 Å². The van der Waals surface area contributed by atoms with Gasteiger partial charge in [-0.15, -0.1) is 10.2 Å². The zero-order valence-electron chi connectivity index (χ0n) is 18.3. The summed E-state index contributed by atoms with van der Waals surface area (Å²) >= 11 is 0. The summed E-state index contributed by atoms with van der Waals surface area (Å²) in [5, 5.41) is 12.0. The normalized spacial score (nSPS) is 15.3. The van der Waals surface area contributed by atoms with Gasteiger partial charge in [-0.2, -0.15) is 0 Å². The Balaban J connectivity index is 1.72. The van der Waals surface area contributed by atoms with Gasteiger partial charge in [-0.05, 0) is 18.4 Å². The van der Waals surface area contributed by atoms with Crippen LogP contribution in [-0.2, 0) is 24.3 Å². The molecule has 162 valence electrons. The molecule has 2 heterocycles. The number of nitrogens with one attached hydrogen (secondary N) is 1. The number of rotatable bonds is 9. The molecule has 7 nitrogen and oxygen atoms in total. The second-order valence-corrected chi connectivity index (χ2v) is 8.24. The smallest absolute Gasteiger partial charge is 0.217 e. The maximum atomic E-state index is 11.7. The first-order chi connectivity index (χ1) is 14.5. The van der Waals surface area contributed by atoms with Crippen LogP contribution in [0.1, 0.15) is 50.4 Å². The number of para-hydroxylation sites is 1. The molecule has 30 heavy (non-hydrogen) atoms. The summed E-state index contributed by atoms with van der Waals surface area (Å²) in [5.74, 6) is 3.17. The second kappa shape index (κ2) is 10.4. The van der Waals surface area contributed by atoms with E-state index in [9.17, 15) is 4.79 Å².